The zero-order valence-electron chi connectivity index (χ0n) is 16.9. The van der Waals surface area contributed by atoms with Crippen LogP contribution in [0.25, 0.3) is 0 Å². The van der Waals surface area contributed by atoms with Gasteiger partial charge in [0.1, 0.15) is 5.82 Å². The molecule has 4 nitrogen and oxygen atoms in total. The maximum absolute atomic E-state index is 13.4. The lowest BCUT2D eigenvalue weighted by molar-refractivity contribution is 0.0984. The van der Waals surface area contributed by atoms with Crippen LogP contribution in [0, 0.1) is 0 Å². The van der Waals surface area contributed by atoms with Crippen LogP contribution in [0.5, 0.6) is 5.75 Å². The minimum absolute atomic E-state index is 0.237. The molecule has 0 unspecified atom stereocenters. The van der Waals surface area contributed by atoms with E-state index in [1.807, 2.05) is 42.5 Å². The van der Waals surface area contributed by atoms with Crippen molar-refractivity contribution in [2.24, 2.45) is 0 Å². The van der Waals surface area contributed by atoms with E-state index in [0.717, 1.165) is 24.8 Å². The number of hydrogen-bond acceptors (Lipinski definition) is 3. The van der Waals surface area contributed by atoms with Gasteiger partial charge in [0, 0.05) is 11.8 Å². The van der Waals surface area contributed by atoms with Crippen molar-refractivity contribution in [2.75, 3.05) is 11.5 Å². The Balaban J connectivity index is 1.87. The predicted molar refractivity (Wildman–Crippen MR) is 123 cm³/mol. The molecule has 1 heterocycles. The summed E-state index contributed by atoms with van der Waals surface area (Å²) in [7, 11) is 0. The molecule has 2 aromatic carbocycles. The normalized spacial score (nSPS) is 10.6. The number of halogens is 2. The molecule has 0 aliphatic carbocycles. The van der Waals surface area contributed by atoms with E-state index in [9.17, 15) is 4.79 Å². The molecule has 1 amide bonds. The Bertz CT molecular complexity index is 942. The first-order valence-electron chi connectivity index (χ1n) is 9.98. The smallest absolute Gasteiger partial charge is 0.259 e. The van der Waals surface area contributed by atoms with Gasteiger partial charge in [0.25, 0.3) is 5.91 Å². The topological polar surface area (TPSA) is 42.4 Å². The zero-order chi connectivity index (χ0) is 21.3. The van der Waals surface area contributed by atoms with Crippen molar-refractivity contribution in [3.05, 3.63) is 88.0 Å². The maximum atomic E-state index is 13.4. The highest BCUT2D eigenvalue weighted by Gasteiger charge is 2.22. The summed E-state index contributed by atoms with van der Waals surface area (Å²) >= 11 is 12.8. The molecule has 1 aromatic heterocycles. The van der Waals surface area contributed by atoms with Crippen LogP contribution in [0.2, 0.25) is 10.0 Å². The Morgan fingerprint density at radius 1 is 1.00 bits per heavy atom. The quantitative estimate of drug-likeness (QED) is 0.342. The average Bonchev–Trinajstić information content (AvgIpc) is 2.77. The molecule has 0 radical (unpaired) electrons. The minimum Gasteiger partial charge on any atom is -0.490 e. The number of nitrogens with zero attached hydrogens (tertiary/aromatic N) is 2. The SMILES string of the molecule is CCCCCOc1c(Cl)cc(C(=O)N(Cc2ccccc2)c2ccccn2)cc1Cl. The number of anilines is 1. The third-order valence-corrected chi connectivity index (χ3v) is 5.16. The highest BCUT2D eigenvalue weighted by molar-refractivity contribution is 6.37. The maximum Gasteiger partial charge on any atom is 0.259 e. The number of ether oxygens (including phenoxy) is 1. The summed E-state index contributed by atoms with van der Waals surface area (Å²) < 4.78 is 5.74. The number of pyridine rings is 1. The molecule has 0 fully saturated rings. The average molecular weight is 443 g/mol. The number of carbonyl (C=O) groups excluding carboxylic acids is 1. The molecule has 0 aliphatic rings. The predicted octanol–water partition coefficient (Wildman–Crippen LogP) is 6.80. The third-order valence-electron chi connectivity index (χ3n) is 4.59. The molecule has 0 saturated carbocycles. The van der Waals surface area contributed by atoms with E-state index in [-0.39, 0.29) is 5.91 Å². The molecular weight excluding hydrogens is 419 g/mol. The van der Waals surface area contributed by atoms with Crippen LogP contribution in [0.4, 0.5) is 5.82 Å². The lowest BCUT2D eigenvalue weighted by Crippen LogP contribution is -2.31. The van der Waals surface area contributed by atoms with Crippen LogP contribution >= 0.6 is 23.2 Å². The van der Waals surface area contributed by atoms with Gasteiger partial charge in [0.05, 0.1) is 23.2 Å². The highest BCUT2D eigenvalue weighted by atomic mass is 35.5. The Kier molecular flexibility index (Phi) is 8.12. The molecule has 0 aliphatic heterocycles. The summed E-state index contributed by atoms with van der Waals surface area (Å²) in [4.78, 5) is 19.4. The second kappa shape index (κ2) is 11.0. The molecule has 0 atom stereocenters. The van der Waals surface area contributed by atoms with Crippen molar-refractivity contribution in [3.63, 3.8) is 0 Å². The Morgan fingerprint density at radius 2 is 1.70 bits per heavy atom. The zero-order valence-corrected chi connectivity index (χ0v) is 18.4. The molecule has 0 bridgehead atoms. The largest absolute Gasteiger partial charge is 0.490 e. The van der Waals surface area contributed by atoms with Gasteiger partial charge in [-0.3, -0.25) is 9.69 Å². The van der Waals surface area contributed by atoms with Crippen molar-refractivity contribution >= 4 is 34.9 Å². The Morgan fingerprint density at radius 3 is 2.33 bits per heavy atom. The number of hydrogen-bond donors (Lipinski definition) is 0. The van der Waals surface area contributed by atoms with Gasteiger partial charge >= 0.3 is 0 Å². The molecule has 0 spiro atoms. The van der Waals surface area contributed by atoms with E-state index >= 15 is 0 Å². The lowest BCUT2D eigenvalue weighted by Gasteiger charge is -2.22. The summed E-state index contributed by atoms with van der Waals surface area (Å²) in [5.74, 6) is 0.732. The summed E-state index contributed by atoms with van der Waals surface area (Å²) in [6, 6.07) is 18.4. The molecular formula is C24H24Cl2N2O2. The van der Waals surface area contributed by atoms with Crippen LogP contribution in [0.15, 0.2) is 66.9 Å². The van der Waals surface area contributed by atoms with Crippen LogP contribution in [0.3, 0.4) is 0 Å². The van der Waals surface area contributed by atoms with Crippen molar-refractivity contribution in [1.82, 2.24) is 4.98 Å². The Labute approximate surface area is 187 Å². The Hall–Kier alpha value is -2.56. The van der Waals surface area contributed by atoms with Gasteiger partial charge in [-0.2, -0.15) is 0 Å². The number of carbonyl (C=O) groups is 1. The van der Waals surface area contributed by atoms with Gasteiger partial charge in [-0.05, 0) is 36.2 Å². The molecule has 6 heteroatoms. The molecule has 156 valence electrons. The number of benzene rings is 2. The monoisotopic (exact) mass is 442 g/mol. The fourth-order valence-corrected chi connectivity index (χ4v) is 3.64. The van der Waals surface area contributed by atoms with Crippen LogP contribution in [-0.2, 0) is 6.54 Å². The molecule has 0 saturated heterocycles. The number of aromatic nitrogens is 1. The van der Waals surface area contributed by atoms with Crippen LogP contribution in [0.1, 0.15) is 42.1 Å². The molecule has 30 heavy (non-hydrogen) atoms. The summed E-state index contributed by atoms with van der Waals surface area (Å²) in [5, 5.41) is 0.645. The minimum atomic E-state index is -0.237. The van der Waals surface area contributed by atoms with E-state index in [0.29, 0.717) is 40.3 Å². The van der Waals surface area contributed by atoms with Crippen LogP contribution in [-0.4, -0.2) is 17.5 Å². The van der Waals surface area contributed by atoms with Crippen LogP contribution < -0.4 is 9.64 Å². The summed E-state index contributed by atoms with van der Waals surface area (Å²) in [6.07, 6.45) is 4.76. The number of rotatable bonds is 9. The van der Waals surface area contributed by atoms with Crippen molar-refractivity contribution in [3.8, 4) is 5.75 Å². The van der Waals surface area contributed by atoms with Gasteiger partial charge in [-0.15, -0.1) is 0 Å². The van der Waals surface area contributed by atoms with E-state index in [1.165, 1.54) is 0 Å². The fourth-order valence-electron chi connectivity index (χ4n) is 3.04. The first-order chi connectivity index (χ1) is 14.6. The fraction of sp³-hybridized carbons (Fsp3) is 0.250. The second-order valence-electron chi connectivity index (χ2n) is 6.89. The first-order valence-corrected chi connectivity index (χ1v) is 10.7. The third kappa shape index (κ3) is 5.74. The van der Waals surface area contributed by atoms with E-state index in [1.54, 1.807) is 29.3 Å². The van der Waals surface area contributed by atoms with Gasteiger partial charge in [0.2, 0.25) is 0 Å². The van der Waals surface area contributed by atoms with E-state index in [4.69, 9.17) is 27.9 Å². The molecule has 3 rings (SSSR count). The van der Waals surface area contributed by atoms with Crippen molar-refractivity contribution < 1.29 is 9.53 Å². The van der Waals surface area contributed by atoms with Gasteiger partial charge in [0.15, 0.2) is 5.75 Å². The standard InChI is InChI=1S/C24H24Cl2N2O2/c1-2-3-9-14-30-23-20(25)15-19(16-21(23)26)24(29)28(22-12-7-8-13-27-22)17-18-10-5-4-6-11-18/h4-8,10-13,15-16H,2-3,9,14,17H2,1H3. The number of amides is 1. The van der Waals surface area contributed by atoms with Crippen molar-refractivity contribution in [2.45, 2.75) is 32.7 Å². The van der Waals surface area contributed by atoms with E-state index in [2.05, 4.69) is 11.9 Å². The first kappa shape index (κ1) is 22.1. The second-order valence-corrected chi connectivity index (χ2v) is 7.70. The lowest BCUT2D eigenvalue weighted by atomic mass is 10.1. The van der Waals surface area contributed by atoms with Gasteiger partial charge < -0.3 is 4.74 Å². The van der Waals surface area contributed by atoms with Gasteiger partial charge in [-0.1, -0.05) is 79.4 Å². The van der Waals surface area contributed by atoms with Crippen molar-refractivity contribution in [1.29, 1.82) is 0 Å². The number of unbranched alkanes of at least 4 members (excludes halogenated alkanes) is 2. The van der Waals surface area contributed by atoms with Gasteiger partial charge in [-0.25, -0.2) is 4.98 Å². The summed E-state index contributed by atoms with van der Waals surface area (Å²) in [5.41, 5.74) is 1.37. The summed E-state index contributed by atoms with van der Waals surface area (Å²) in [6.45, 7) is 3.04. The van der Waals surface area contributed by atoms with E-state index < -0.39 is 0 Å². The highest BCUT2D eigenvalue weighted by Crippen LogP contribution is 2.35. The molecule has 3 aromatic rings. The molecule has 0 N–H and O–H groups in total.